The number of carbonyl (C=O) groups is 1. The maximum absolute atomic E-state index is 11.4. The van der Waals surface area contributed by atoms with E-state index < -0.39 is 6.04 Å². The minimum atomic E-state index is -0.421. The van der Waals surface area contributed by atoms with Gasteiger partial charge < -0.3 is 10.5 Å². The van der Waals surface area contributed by atoms with Gasteiger partial charge >= 0.3 is 0 Å². The molecule has 1 aromatic heterocycles. The first kappa shape index (κ1) is 13.0. The average molecular weight is 319 g/mol. The molecule has 1 aliphatic rings. The minimum absolute atomic E-state index is 0.209. The lowest BCUT2D eigenvalue weighted by atomic mass is 10.2. The number of rotatable bonds is 5. The van der Waals surface area contributed by atoms with E-state index in [4.69, 9.17) is 10.5 Å². The number of thiophene rings is 1. The Labute approximate surface area is 113 Å². The van der Waals surface area contributed by atoms with Crippen molar-refractivity contribution in [1.82, 2.24) is 5.32 Å². The first-order chi connectivity index (χ1) is 8.16. The summed E-state index contributed by atoms with van der Waals surface area (Å²) >= 11 is 4.89. The number of amides is 1. The van der Waals surface area contributed by atoms with Crippen LogP contribution in [0.15, 0.2) is 15.9 Å². The molecule has 4 nitrogen and oxygen atoms in total. The summed E-state index contributed by atoms with van der Waals surface area (Å²) in [5.41, 5.74) is 5.41. The zero-order valence-electron chi connectivity index (χ0n) is 9.32. The van der Waals surface area contributed by atoms with Crippen LogP contribution in [0.25, 0.3) is 0 Å². The van der Waals surface area contributed by atoms with E-state index in [-0.39, 0.29) is 12.0 Å². The van der Waals surface area contributed by atoms with Gasteiger partial charge in [0.2, 0.25) is 5.91 Å². The molecule has 1 saturated heterocycles. The minimum Gasteiger partial charge on any atom is -0.377 e. The fraction of sp³-hybridized carbons (Fsp3) is 0.545. The van der Waals surface area contributed by atoms with E-state index in [1.54, 1.807) is 0 Å². The van der Waals surface area contributed by atoms with E-state index >= 15 is 0 Å². The number of primary amides is 1. The Balaban J connectivity index is 1.95. The Hall–Kier alpha value is -0.430. The Kier molecular flexibility index (Phi) is 4.55. The molecule has 6 heteroatoms. The maximum atomic E-state index is 11.4. The van der Waals surface area contributed by atoms with Crippen molar-refractivity contribution in [2.24, 2.45) is 5.73 Å². The molecule has 3 N–H and O–H groups in total. The lowest BCUT2D eigenvalue weighted by molar-refractivity contribution is -0.120. The predicted octanol–water partition coefficient (Wildman–Crippen LogP) is 1.81. The van der Waals surface area contributed by atoms with Crippen LogP contribution in [0.5, 0.6) is 0 Å². The van der Waals surface area contributed by atoms with Crippen molar-refractivity contribution in [3.63, 3.8) is 0 Å². The molecule has 1 amide bonds. The molecule has 0 saturated carbocycles. The van der Waals surface area contributed by atoms with E-state index in [0.717, 1.165) is 28.8 Å². The Morgan fingerprint density at radius 2 is 2.59 bits per heavy atom. The number of halogens is 1. The van der Waals surface area contributed by atoms with Crippen molar-refractivity contribution in [2.45, 2.75) is 25.0 Å². The van der Waals surface area contributed by atoms with Gasteiger partial charge in [0.1, 0.15) is 6.04 Å². The molecular formula is C11H15BrN2O2S. The summed E-state index contributed by atoms with van der Waals surface area (Å²) in [6.45, 7) is 1.49. The first-order valence-corrected chi connectivity index (χ1v) is 7.22. The van der Waals surface area contributed by atoms with Crippen LogP contribution >= 0.6 is 27.3 Å². The molecule has 1 aliphatic heterocycles. The number of ether oxygens (including phenoxy) is 1. The molecule has 0 spiro atoms. The van der Waals surface area contributed by atoms with Crippen LogP contribution in [-0.4, -0.2) is 25.2 Å². The standard InChI is InChI=1S/C11H15BrN2O2S/c12-7-4-9(17-6-7)10(11(13)15)14-5-8-2-1-3-16-8/h4,6,8,10,14H,1-3,5H2,(H2,13,15). The zero-order chi connectivity index (χ0) is 12.3. The van der Waals surface area contributed by atoms with Crippen LogP contribution in [0.4, 0.5) is 0 Å². The van der Waals surface area contributed by atoms with Crippen molar-refractivity contribution in [3.05, 3.63) is 20.8 Å². The monoisotopic (exact) mass is 318 g/mol. The molecule has 0 aromatic carbocycles. The molecule has 2 heterocycles. The summed E-state index contributed by atoms with van der Waals surface area (Å²) in [6.07, 6.45) is 2.35. The van der Waals surface area contributed by atoms with Crippen LogP contribution in [0.2, 0.25) is 0 Å². The smallest absolute Gasteiger partial charge is 0.239 e. The Bertz CT molecular complexity index is 391. The summed E-state index contributed by atoms with van der Waals surface area (Å²) in [5, 5.41) is 5.12. The third-order valence-electron chi connectivity index (χ3n) is 2.73. The molecular weight excluding hydrogens is 304 g/mol. The molecule has 0 radical (unpaired) electrons. The van der Waals surface area contributed by atoms with E-state index in [1.165, 1.54) is 11.3 Å². The van der Waals surface area contributed by atoms with Gasteiger partial charge in [0.25, 0.3) is 0 Å². The van der Waals surface area contributed by atoms with Crippen LogP contribution in [0.1, 0.15) is 23.8 Å². The van der Waals surface area contributed by atoms with Crippen LogP contribution in [-0.2, 0) is 9.53 Å². The summed E-state index contributed by atoms with van der Waals surface area (Å²) in [5.74, 6) is -0.350. The molecule has 2 atom stereocenters. The SMILES string of the molecule is NC(=O)C(NCC1CCCO1)c1cc(Br)cs1. The van der Waals surface area contributed by atoms with Gasteiger partial charge in [-0.15, -0.1) is 11.3 Å². The van der Waals surface area contributed by atoms with Crippen molar-refractivity contribution >= 4 is 33.2 Å². The molecule has 2 rings (SSSR count). The van der Waals surface area contributed by atoms with E-state index in [2.05, 4.69) is 21.2 Å². The van der Waals surface area contributed by atoms with Gasteiger partial charge in [-0.25, -0.2) is 0 Å². The van der Waals surface area contributed by atoms with E-state index in [1.807, 2.05) is 11.4 Å². The highest BCUT2D eigenvalue weighted by molar-refractivity contribution is 9.10. The van der Waals surface area contributed by atoms with Gasteiger partial charge in [-0.2, -0.15) is 0 Å². The lowest BCUT2D eigenvalue weighted by Gasteiger charge is -2.16. The Morgan fingerprint density at radius 3 is 3.12 bits per heavy atom. The van der Waals surface area contributed by atoms with Crippen LogP contribution in [0, 0.1) is 0 Å². The second kappa shape index (κ2) is 5.95. The van der Waals surface area contributed by atoms with Crippen molar-refractivity contribution < 1.29 is 9.53 Å². The number of hydrogen-bond donors (Lipinski definition) is 2. The molecule has 17 heavy (non-hydrogen) atoms. The first-order valence-electron chi connectivity index (χ1n) is 5.55. The largest absolute Gasteiger partial charge is 0.377 e. The second-order valence-corrected chi connectivity index (χ2v) is 5.90. The quantitative estimate of drug-likeness (QED) is 0.870. The van der Waals surface area contributed by atoms with Gasteiger partial charge in [-0.3, -0.25) is 10.1 Å². The topological polar surface area (TPSA) is 64.4 Å². The highest BCUT2D eigenvalue weighted by Crippen LogP contribution is 2.25. The third kappa shape index (κ3) is 3.51. The summed E-state index contributed by atoms with van der Waals surface area (Å²) < 4.78 is 6.48. The summed E-state index contributed by atoms with van der Waals surface area (Å²) in [6, 6.07) is 1.50. The number of nitrogens with two attached hydrogens (primary N) is 1. The second-order valence-electron chi connectivity index (χ2n) is 4.05. The van der Waals surface area contributed by atoms with Gasteiger partial charge in [-0.05, 0) is 34.8 Å². The predicted molar refractivity (Wildman–Crippen MR) is 70.9 cm³/mol. The van der Waals surface area contributed by atoms with Gasteiger partial charge in [0, 0.05) is 27.9 Å². The van der Waals surface area contributed by atoms with Gasteiger partial charge in [-0.1, -0.05) is 0 Å². The van der Waals surface area contributed by atoms with Crippen molar-refractivity contribution in [1.29, 1.82) is 0 Å². The maximum Gasteiger partial charge on any atom is 0.239 e. The van der Waals surface area contributed by atoms with E-state index in [0.29, 0.717) is 6.54 Å². The highest BCUT2D eigenvalue weighted by Gasteiger charge is 2.22. The molecule has 94 valence electrons. The molecule has 0 aliphatic carbocycles. The number of carbonyl (C=O) groups excluding carboxylic acids is 1. The zero-order valence-corrected chi connectivity index (χ0v) is 11.7. The third-order valence-corrected chi connectivity index (χ3v) is 4.49. The fourth-order valence-corrected chi connectivity index (χ4v) is 3.40. The van der Waals surface area contributed by atoms with Crippen molar-refractivity contribution in [2.75, 3.05) is 13.2 Å². The van der Waals surface area contributed by atoms with Gasteiger partial charge in [0.15, 0.2) is 0 Å². The van der Waals surface area contributed by atoms with E-state index in [9.17, 15) is 4.79 Å². The van der Waals surface area contributed by atoms with Crippen LogP contribution < -0.4 is 11.1 Å². The van der Waals surface area contributed by atoms with Crippen LogP contribution in [0.3, 0.4) is 0 Å². The molecule has 2 unspecified atom stereocenters. The molecule has 0 bridgehead atoms. The Morgan fingerprint density at radius 1 is 1.76 bits per heavy atom. The highest BCUT2D eigenvalue weighted by atomic mass is 79.9. The summed E-state index contributed by atoms with van der Waals surface area (Å²) in [7, 11) is 0. The number of hydrogen-bond acceptors (Lipinski definition) is 4. The average Bonchev–Trinajstić information content (AvgIpc) is 2.90. The molecule has 1 fully saturated rings. The lowest BCUT2D eigenvalue weighted by Crippen LogP contribution is -2.37. The number of nitrogens with one attached hydrogen (secondary N) is 1. The molecule has 1 aromatic rings. The summed E-state index contributed by atoms with van der Waals surface area (Å²) in [4.78, 5) is 12.4. The normalized spacial score (nSPS) is 21.6. The van der Waals surface area contributed by atoms with Gasteiger partial charge in [0.05, 0.1) is 6.10 Å². The fourth-order valence-electron chi connectivity index (χ4n) is 1.88. The van der Waals surface area contributed by atoms with Crippen molar-refractivity contribution in [3.8, 4) is 0 Å².